The van der Waals surface area contributed by atoms with Crippen molar-refractivity contribution in [3.63, 3.8) is 0 Å². The second-order valence-corrected chi connectivity index (χ2v) is 3.75. The topological polar surface area (TPSA) is 88.1 Å². The van der Waals surface area contributed by atoms with Gasteiger partial charge in [0, 0.05) is 18.8 Å². The fraction of sp³-hybridized carbons (Fsp3) is 0.273. The number of carboxylic acid groups (broad SMARTS) is 1. The third-order valence-corrected chi connectivity index (χ3v) is 2.34. The Morgan fingerprint density at radius 3 is 2.83 bits per heavy atom. The summed E-state index contributed by atoms with van der Waals surface area (Å²) in [6.45, 7) is -0.206. The molecule has 0 spiro atoms. The molecule has 2 rings (SSSR count). The van der Waals surface area contributed by atoms with Crippen LogP contribution < -0.4 is 14.8 Å². The minimum absolute atomic E-state index is 0.158. The molecule has 18 heavy (non-hydrogen) atoms. The van der Waals surface area contributed by atoms with Crippen LogP contribution in [0.15, 0.2) is 18.2 Å². The number of fused-ring (bicyclic) bond motifs is 1. The first-order chi connectivity index (χ1) is 8.56. The lowest BCUT2D eigenvalue weighted by atomic mass is 10.3. The summed E-state index contributed by atoms with van der Waals surface area (Å²) in [6, 6.07) is 4.44. The van der Waals surface area contributed by atoms with Crippen molar-refractivity contribution < 1.29 is 24.2 Å². The first kappa shape index (κ1) is 12.0. The summed E-state index contributed by atoms with van der Waals surface area (Å²) in [5.74, 6) is 0.0962. The maximum atomic E-state index is 11.6. The number of carbonyl (C=O) groups excluding carboxylic acids is 1. The Morgan fingerprint density at radius 2 is 2.11 bits per heavy atom. The van der Waals surface area contributed by atoms with Gasteiger partial charge in [0.25, 0.3) is 0 Å². The van der Waals surface area contributed by atoms with Gasteiger partial charge in [-0.1, -0.05) is 0 Å². The van der Waals surface area contributed by atoms with Crippen LogP contribution in [-0.2, 0) is 4.79 Å². The number of likely N-dealkylation sites (N-methyl/N-ethyl adjacent to an activating group) is 1. The number of rotatable bonds is 3. The molecule has 2 amide bonds. The molecule has 1 aromatic carbocycles. The third-order valence-electron chi connectivity index (χ3n) is 2.34. The van der Waals surface area contributed by atoms with Crippen molar-refractivity contribution >= 4 is 17.7 Å². The molecule has 0 radical (unpaired) electrons. The number of carbonyl (C=O) groups is 2. The highest BCUT2D eigenvalue weighted by atomic mass is 16.7. The molecule has 1 heterocycles. The van der Waals surface area contributed by atoms with Crippen molar-refractivity contribution in [3.8, 4) is 11.5 Å². The molecule has 7 heteroatoms. The van der Waals surface area contributed by atoms with Gasteiger partial charge in [0.1, 0.15) is 6.54 Å². The molecule has 1 aromatic rings. The van der Waals surface area contributed by atoms with Crippen LogP contribution in [0.1, 0.15) is 0 Å². The molecule has 7 nitrogen and oxygen atoms in total. The molecule has 96 valence electrons. The first-order valence-corrected chi connectivity index (χ1v) is 5.20. The van der Waals surface area contributed by atoms with E-state index in [-0.39, 0.29) is 13.3 Å². The van der Waals surface area contributed by atoms with Crippen molar-refractivity contribution in [1.29, 1.82) is 0 Å². The van der Waals surface area contributed by atoms with Gasteiger partial charge in [0.15, 0.2) is 11.5 Å². The van der Waals surface area contributed by atoms with Gasteiger partial charge in [0.05, 0.1) is 0 Å². The van der Waals surface area contributed by atoms with Gasteiger partial charge >= 0.3 is 12.0 Å². The highest BCUT2D eigenvalue weighted by Gasteiger charge is 2.16. The largest absolute Gasteiger partial charge is 0.480 e. The zero-order valence-electron chi connectivity index (χ0n) is 9.67. The second kappa shape index (κ2) is 4.82. The van der Waals surface area contributed by atoms with E-state index in [0.29, 0.717) is 17.2 Å². The van der Waals surface area contributed by atoms with E-state index in [0.717, 1.165) is 4.90 Å². The quantitative estimate of drug-likeness (QED) is 0.836. The Kier molecular flexibility index (Phi) is 3.22. The van der Waals surface area contributed by atoms with Crippen molar-refractivity contribution in [2.24, 2.45) is 0 Å². The molecule has 1 aliphatic rings. The number of aliphatic carboxylic acids is 1. The molecule has 0 aromatic heterocycles. The van der Waals surface area contributed by atoms with E-state index in [4.69, 9.17) is 14.6 Å². The predicted octanol–water partition coefficient (Wildman–Crippen LogP) is 0.964. The minimum atomic E-state index is -1.07. The molecule has 1 aliphatic heterocycles. The molecule has 0 bridgehead atoms. The lowest BCUT2D eigenvalue weighted by molar-refractivity contribution is -0.137. The van der Waals surface area contributed by atoms with E-state index in [1.807, 2.05) is 0 Å². The maximum absolute atomic E-state index is 11.6. The van der Waals surface area contributed by atoms with E-state index in [1.165, 1.54) is 7.05 Å². The zero-order chi connectivity index (χ0) is 13.1. The van der Waals surface area contributed by atoms with Gasteiger partial charge in [-0.05, 0) is 12.1 Å². The smallest absolute Gasteiger partial charge is 0.323 e. The lowest BCUT2D eigenvalue weighted by Crippen LogP contribution is -2.35. The molecule has 0 fully saturated rings. The average molecular weight is 252 g/mol. The Labute approximate surface area is 103 Å². The normalized spacial score (nSPS) is 12.1. The molecule has 0 unspecified atom stereocenters. The SMILES string of the molecule is CN(CC(=O)O)C(=O)Nc1ccc2c(c1)OCO2. The Bertz CT molecular complexity index is 488. The Hall–Kier alpha value is -2.44. The summed E-state index contributed by atoms with van der Waals surface area (Å²) in [4.78, 5) is 23.2. The van der Waals surface area contributed by atoms with Crippen molar-refractivity contribution in [3.05, 3.63) is 18.2 Å². The first-order valence-electron chi connectivity index (χ1n) is 5.20. The minimum Gasteiger partial charge on any atom is -0.480 e. The number of amides is 2. The van der Waals surface area contributed by atoms with Crippen molar-refractivity contribution in [2.45, 2.75) is 0 Å². The van der Waals surface area contributed by atoms with Crippen LogP contribution in [-0.4, -0.2) is 42.4 Å². The van der Waals surface area contributed by atoms with E-state index in [2.05, 4.69) is 5.32 Å². The Morgan fingerprint density at radius 1 is 1.39 bits per heavy atom. The monoisotopic (exact) mass is 252 g/mol. The van der Waals surface area contributed by atoms with Crippen LogP contribution in [0.4, 0.5) is 10.5 Å². The number of urea groups is 1. The Balaban J connectivity index is 2.01. The van der Waals surface area contributed by atoms with Crippen LogP contribution in [0.5, 0.6) is 11.5 Å². The molecule has 0 aliphatic carbocycles. The summed E-state index contributed by atoms with van der Waals surface area (Å²) >= 11 is 0. The van der Waals surface area contributed by atoms with Gasteiger partial charge in [-0.25, -0.2) is 4.79 Å². The van der Waals surface area contributed by atoms with E-state index >= 15 is 0 Å². The van der Waals surface area contributed by atoms with Crippen molar-refractivity contribution in [1.82, 2.24) is 4.90 Å². The summed E-state index contributed by atoms with van der Waals surface area (Å²) in [5, 5.41) is 11.1. The summed E-state index contributed by atoms with van der Waals surface area (Å²) in [7, 11) is 1.40. The number of anilines is 1. The standard InChI is InChI=1S/C11H12N2O5/c1-13(5-10(14)15)11(16)12-7-2-3-8-9(4-7)18-6-17-8/h2-4H,5-6H2,1H3,(H,12,16)(H,14,15). The molecule has 0 saturated heterocycles. The number of hydrogen-bond acceptors (Lipinski definition) is 4. The van der Waals surface area contributed by atoms with Crippen molar-refractivity contribution in [2.75, 3.05) is 25.7 Å². The number of carboxylic acids is 1. The van der Waals surface area contributed by atoms with Gasteiger partial charge in [-0.3, -0.25) is 4.79 Å². The maximum Gasteiger partial charge on any atom is 0.323 e. The highest BCUT2D eigenvalue weighted by Crippen LogP contribution is 2.34. The van der Waals surface area contributed by atoms with Crippen LogP contribution in [0.2, 0.25) is 0 Å². The van der Waals surface area contributed by atoms with Gasteiger partial charge in [-0.15, -0.1) is 0 Å². The number of benzene rings is 1. The van der Waals surface area contributed by atoms with Crippen LogP contribution in [0.3, 0.4) is 0 Å². The molecular weight excluding hydrogens is 240 g/mol. The predicted molar refractivity (Wildman–Crippen MR) is 61.8 cm³/mol. The van der Waals surface area contributed by atoms with Crippen LogP contribution in [0, 0.1) is 0 Å². The van der Waals surface area contributed by atoms with E-state index in [9.17, 15) is 9.59 Å². The zero-order valence-corrected chi connectivity index (χ0v) is 9.67. The van der Waals surface area contributed by atoms with Crippen LogP contribution in [0.25, 0.3) is 0 Å². The second-order valence-electron chi connectivity index (χ2n) is 3.75. The molecule has 0 atom stereocenters. The number of nitrogens with one attached hydrogen (secondary N) is 1. The fourth-order valence-electron chi connectivity index (χ4n) is 1.47. The molecule has 2 N–H and O–H groups in total. The van der Waals surface area contributed by atoms with Gasteiger partial charge in [0.2, 0.25) is 6.79 Å². The highest BCUT2D eigenvalue weighted by molar-refractivity contribution is 5.91. The molecular formula is C11H12N2O5. The summed E-state index contributed by atoms with van der Waals surface area (Å²) < 4.78 is 10.3. The number of hydrogen-bond donors (Lipinski definition) is 2. The van der Waals surface area contributed by atoms with Gasteiger partial charge < -0.3 is 24.8 Å². The number of ether oxygens (including phenoxy) is 2. The van der Waals surface area contributed by atoms with Gasteiger partial charge in [-0.2, -0.15) is 0 Å². The summed E-state index contributed by atoms with van der Waals surface area (Å²) in [6.07, 6.45) is 0. The number of nitrogens with zero attached hydrogens (tertiary/aromatic N) is 1. The summed E-state index contributed by atoms with van der Waals surface area (Å²) in [5.41, 5.74) is 0.515. The van der Waals surface area contributed by atoms with Crippen LogP contribution >= 0.6 is 0 Å². The van der Waals surface area contributed by atoms with E-state index < -0.39 is 12.0 Å². The lowest BCUT2D eigenvalue weighted by Gasteiger charge is -2.15. The molecule has 0 saturated carbocycles. The van der Waals surface area contributed by atoms with E-state index in [1.54, 1.807) is 18.2 Å². The third kappa shape index (κ3) is 2.62. The average Bonchev–Trinajstić information content (AvgIpc) is 2.75. The fourth-order valence-corrected chi connectivity index (χ4v) is 1.47.